The van der Waals surface area contributed by atoms with Crippen molar-refractivity contribution in [1.29, 1.82) is 0 Å². The maximum absolute atomic E-state index is 13.4. The van der Waals surface area contributed by atoms with E-state index in [9.17, 15) is 9.18 Å². The summed E-state index contributed by atoms with van der Waals surface area (Å²) in [6, 6.07) is 2.63. The van der Waals surface area contributed by atoms with Crippen molar-refractivity contribution in [2.45, 2.75) is 13.0 Å². The number of amides is 1. The van der Waals surface area contributed by atoms with Gasteiger partial charge in [0.15, 0.2) is 0 Å². The van der Waals surface area contributed by atoms with Crippen molar-refractivity contribution in [3.8, 4) is 5.75 Å². The van der Waals surface area contributed by atoms with E-state index in [0.29, 0.717) is 16.9 Å². The molecule has 1 atom stereocenters. The summed E-state index contributed by atoms with van der Waals surface area (Å²) < 4.78 is 23.4. The number of carbonyl (C=O) groups is 1. The lowest BCUT2D eigenvalue weighted by Crippen LogP contribution is -2.19. The molecule has 1 aromatic carbocycles. The first kappa shape index (κ1) is 10.7. The summed E-state index contributed by atoms with van der Waals surface area (Å²) in [5.74, 6) is 0.228. The molecule has 86 valence electrons. The lowest BCUT2D eigenvalue weighted by molar-refractivity contribution is 0.177. The third-order valence-electron chi connectivity index (χ3n) is 2.56. The van der Waals surface area contributed by atoms with E-state index in [0.717, 1.165) is 0 Å². The molecule has 1 aliphatic rings. The molecule has 0 aliphatic carbocycles. The summed E-state index contributed by atoms with van der Waals surface area (Å²) in [6.07, 6.45) is -0.493. The van der Waals surface area contributed by atoms with Crippen molar-refractivity contribution in [1.82, 2.24) is 5.32 Å². The Kier molecular flexibility index (Phi) is 2.68. The largest absolute Gasteiger partial charge is 0.496 e. The van der Waals surface area contributed by atoms with Crippen LogP contribution < -0.4 is 10.1 Å². The molecule has 0 saturated carbocycles. The molecule has 0 radical (unpaired) electrons. The minimum atomic E-state index is -0.493. The van der Waals surface area contributed by atoms with Crippen molar-refractivity contribution >= 4 is 6.09 Å². The summed E-state index contributed by atoms with van der Waals surface area (Å²) in [5.41, 5.74) is 1.10. The van der Waals surface area contributed by atoms with Crippen LogP contribution in [0.1, 0.15) is 17.2 Å². The smallest absolute Gasteiger partial charge is 0.407 e. The van der Waals surface area contributed by atoms with Gasteiger partial charge in [0.05, 0.1) is 13.2 Å². The van der Waals surface area contributed by atoms with E-state index in [1.54, 1.807) is 13.0 Å². The predicted molar refractivity (Wildman–Crippen MR) is 54.9 cm³/mol. The van der Waals surface area contributed by atoms with Crippen LogP contribution in [-0.4, -0.2) is 19.8 Å². The monoisotopic (exact) mass is 225 g/mol. The number of benzene rings is 1. The van der Waals surface area contributed by atoms with Crippen molar-refractivity contribution in [3.05, 3.63) is 29.1 Å². The van der Waals surface area contributed by atoms with Crippen molar-refractivity contribution < 1.29 is 18.7 Å². The Bertz CT molecular complexity index is 433. The first-order chi connectivity index (χ1) is 7.61. The maximum atomic E-state index is 13.4. The lowest BCUT2D eigenvalue weighted by Gasteiger charge is -2.14. The molecule has 1 amide bonds. The first-order valence-corrected chi connectivity index (χ1v) is 4.89. The highest BCUT2D eigenvalue weighted by Gasteiger charge is 2.27. The van der Waals surface area contributed by atoms with Gasteiger partial charge in [-0.05, 0) is 24.6 Å². The number of carbonyl (C=O) groups excluding carboxylic acids is 1. The normalized spacial score (nSPS) is 19.2. The average molecular weight is 225 g/mol. The van der Waals surface area contributed by atoms with Crippen molar-refractivity contribution in [2.75, 3.05) is 13.7 Å². The molecule has 0 aromatic heterocycles. The zero-order chi connectivity index (χ0) is 11.7. The van der Waals surface area contributed by atoms with Crippen LogP contribution in [0.5, 0.6) is 5.75 Å². The molecule has 2 rings (SSSR count). The highest BCUT2D eigenvalue weighted by atomic mass is 19.1. The Labute approximate surface area is 92.4 Å². The fraction of sp³-hybridized carbons (Fsp3) is 0.364. The second-order valence-corrected chi connectivity index (χ2v) is 3.64. The van der Waals surface area contributed by atoms with E-state index in [4.69, 9.17) is 9.47 Å². The average Bonchev–Trinajstić information content (AvgIpc) is 2.68. The molecule has 5 heteroatoms. The Morgan fingerprint density at radius 3 is 2.88 bits per heavy atom. The van der Waals surface area contributed by atoms with Crippen molar-refractivity contribution in [3.63, 3.8) is 0 Å². The fourth-order valence-corrected chi connectivity index (χ4v) is 1.67. The first-order valence-electron chi connectivity index (χ1n) is 4.89. The second-order valence-electron chi connectivity index (χ2n) is 3.64. The number of cyclic esters (lactones) is 1. The fourth-order valence-electron chi connectivity index (χ4n) is 1.67. The van der Waals surface area contributed by atoms with Gasteiger partial charge >= 0.3 is 6.09 Å². The van der Waals surface area contributed by atoms with Crippen molar-refractivity contribution in [2.24, 2.45) is 0 Å². The zero-order valence-corrected chi connectivity index (χ0v) is 9.04. The summed E-state index contributed by atoms with van der Waals surface area (Å²) >= 11 is 0. The van der Waals surface area contributed by atoms with E-state index in [1.165, 1.54) is 13.2 Å². The number of aryl methyl sites for hydroxylation is 1. The molecule has 0 bridgehead atoms. The van der Waals surface area contributed by atoms with Crippen LogP contribution in [0.4, 0.5) is 9.18 Å². The lowest BCUT2D eigenvalue weighted by atomic mass is 10.0. The standard InChI is InChI=1S/C11H12FNO3/c1-6-3-10(15-2)7(4-8(6)12)9-5-16-11(14)13-9/h3-4,9H,5H2,1-2H3,(H,13,14). The van der Waals surface area contributed by atoms with E-state index < -0.39 is 6.09 Å². The van der Waals surface area contributed by atoms with Crippen LogP contribution in [0.3, 0.4) is 0 Å². The van der Waals surface area contributed by atoms with Gasteiger partial charge in [-0.2, -0.15) is 0 Å². The van der Waals surface area contributed by atoms with Gasteiger partial charge in [0.25, 0.3) is 0 Å². The van der Waals surface area contributed by atoms with E-state index in [1.807, 2.05) is 0 Å². The molecule has 0 spiro atoms. The van der Waals surface area contributed by atoms with Gasteiger partial charge in [-0.3, -0.25) is 0 Å². The molecule has 1 N–H and O–H groups in total. The molecule has 1 aromatic rings. The number of ether oxygens (including phenoxy) is 2. The molecule has 1 fully saturated rings. The molecule has 4 nitrogen and oxygen atoms in total. The molecule has 16 heavy (non-hydrogen) atoms. The Hall–Kier alpha value is -1.78. The number of halogens is 1. The zero-order valence-electron chi connectivity index (χ0n) is 9.04. The highest BCUT2D eigenvalue weighted by Crippen LogP contribution is 2.30. The van der Waals surface area contributed by atoms with Gasteiger partial charge in [0, 0.05) is 5.56 Å². The summed E-state index contributed by atoms with van der Waals surface area (Å²) in [7, 11) is 1.51. The van der Waals surface area contributed by atoms with Gasteiger partial charge in [0.1, 0.15) is 18.2 Å². The second kappa shape index (κ2) is 4.00. The van der Waals surface area contributed by atoms with E-state index in [-0.39, 0.29) is 18.5 Å². The molecule has 1 unspecified atom stereocenters. The van der Waals surface area contributed by atoms with Gasteiger partial charge in [-0.1, -0.05) is 0 Å². The number of methoxy groups -OCH3 is 1. The van der Waals surface area contributed by atoms with Crippen LogP contribution in [0.25, 0.3) is 0 Å². The Balaban J connectivity index is 2.39. The third kappa shape index (κ3) is 1.80. The van der Waals surface area contributed by atoms with Gasteiger partial charge < -0.3 is 14.8 Å². The highest BCUT2D eigenvalue weighted by molar-refractivity contribution is 5.70. The van der Waals surface area contributed by atoms with Gasteiger partial charge in [-0.25, -0.2) is 9.18 Å². The molecule has 1 saturated heterocycles. The summed E-state index contributed by atoms with van der Waals surface area (Å²) in [5, 5.41) is 2.58. The minimum Gasteiger partial charge on any atom is -0.496 e. The molecule has 1 aliphatic heterocycles. The van der Waals surface area contributed by atoms with Crippen LogP contribution in [0, 0.1) is 12.7 Å². The van der Waals surface area contributed by atoms with Crippen LogP contribution >= 0.6 is 0 Å². The number of nitrogens with one attached hydrogen (secondary N) is 1. The summed E-state index contributed by atoms with van der Waals surface area (Å²) in [6.45, 7) is 1.85. The van der Waals surface area contributed by atoms with Gasteiger partial charge in [-0.15, -0.1) is 0 Å². The number of alkyl carbamates (subject to hydrolysis) is 1. The van der Waals surface area contributed by atoms with E-state index >= 15 is 0 Å². The summed E-state index contributed by atoms with van der Waals surface area (Å²) in [4.78, 5) is 10.9. The third-order valence-corrected chi connectivity index (χ3v) is 2.56. The van der Waals surface area contributed by atoms with Crippen LogP contribution in [0.2, 0.25) is 0 Å². The van der Waals surface area contributed by atoms with Crippen LogP contribution in [-0.2, 0) is 4.74 Å². The maximum Gasteiger partial charge on any atom is 0.407 e. The molecular weight excluding hydrogens is 213 g/mol. The molecular formula is C11H12FNO3. The quantitative estimate of drug-likeness (QED) is 0.836. The number of hydrogen-bond acceptors (Lipinski definition) is 3. The predicted octanol–water partition coefficient (Wildman–Crippen LogP) is 1.92. The minimum absolute atomic E-state index is 0.192. The SMILES string of the molecule is COc1cc(C)c(F)cc1C1COC(=O)N1. The number of hydrogen-bond donors (Lipinski definition) is 1. The molecule has 1 heterocycles. The Morgan fingerprint density at radius 2 is 2.31 bits per heavy atom. The Morgan fingerprint density at radius 1 is 1.56 bits per heavy atom. The van der Waals surface area contributed by atoms with Gasteiger partial charge in [0.2, 0.25) is 0 Å². The topological polar surface area (TPSA) is 47.6 Å². The van der Waals surface area contributed by atoms with Crippen LogP contribution in [0.15, 0.2) is 12.1 Å². The number of rotatable bonds is 2. The van der Waals surface area contributed by atoms with E-state index in [2.05, 4.69) is 5.32 Å².